The van der Waals surface area contributed by atoms with Crippen molar-refractivity contribution < 1.29 is 0 Å². The summed E-state index contributed by atoms with van der Waals surface area (Å²) in [5.74, 6) is 0. The van der Waals surface area contributed by atoms with Gasteiger partial charge in [0.2, 0.25) is 0 Å². The largest absolute Gasteiger partial charge is 0.369 e. The summed E-state index contributed by atoms with van der Waals surface area (Å²) in [7, 11) is 1.88. The molecule has 1 aliphatic rings. The molecule has 0 aliphatic carbocycles. The van der Waals surface area contributed by atoms with Crippen LogP contribution in [0.2, 0.25) is 10.0 Å². The van der Waals surface area contributed by atoms with E-state index in [0.717, 1.165) is 37.6 Å². The zero-order chi connectivity index (χ0) is 21.4. The second-order valence-electron chi connectivity index (χ2n) is 7.93. The predicted molar refractivity (Wildman–Crippen MR) is 124 cm³/mol. The first kappa shape index (κ1) is 21.0. The molecule has 7 heteroatoms. The Balaban J connectivity index is 1.50. The number of aryl methyl sites for hydroxylation is 2. The summed E-state index contributed by atoms with van der Waals surface area (Å²) in [4.78, 5) is 17.6. The van der Waals surface area contributed by atoms with E-state index in [1.165, 1.54) is 16.8 Å². The van der Waals surface area contributed by atoms with E-state index in [-0.39, 0.29) is 10.6 Å². The maximum atomic E-state index is 12.8. The second kappa shape index (κ2) is 8.50. The number of aromatic nitrogens is 2. The molecule has 30 heavy (non-hydrogen) atoms. The standard InChI is InChI=1S/C23H26Cl2N4O/c1-16-4-9-20(17(2)14-16)28-12-10-27(11-13-28)15-21-22(25)23(30)29(26(21)3)19-7-5-18(24)6-8-19/h4-9,14H,10-13,15H2,1-3H3. The van der Waals surface area contributed by atoms with E-state index >= 15 is 0 Å². The van der Waals surface area contributed by atoms with Crippen molar-refractivity contribution >= 4 is 28.9 Å². The van der Waals surface area contributed by atoms with Gasteiger partial charge in [-0.15, -0.1) is 0 Å². The van der Waals surface area contributed by atoms with Crippen LogP contribution in [0.15, 0.2) is 47.3 Å². The Morgan fingerprint density at radius 1 is 0.933 bits per heavy atom. The van der Waals surface area contributed by atoms with Crippen molar-refractivity contribution in [2.45, 2.75) is 20.4 Å². The lowest BCUT2D eigenvalue weighted by Gasteiger charge is -2.37. The Hall–Kier alpha value is -2.21. The van der Waals surface area contributed by atoms with Gasteiger partial charge in [-0.2, -0.15) is 0 Å². The van der Waals surface area contributed by atoms with Crippen molar-refractivity contribution in [1.29, 1.82) is 0 Å². The number of rotatable bonds is 4. The summed E-state index contributed by atoms with van der Waals surface area (Å²) >= 11 is 12.4. The van der Waals surface area contributed by atoms with Gasteiger partial charge in [-0.05, 0) is 49.7 Å². The van der Waals surface area contributed by atoms with Crippen LogP contribution in [0.5, 0.6) is 0 Å². The third-order valence-corrected chi connectivity index (χ3v) is 6.47. The van der Waals surface area contributed by atoms with Crippen LogP contribution in [0.25, 0.3) is 5.69 Å². The molecular formula is C23H26Cl2N4O. The number of anilines is 1. The molecule has 0 radical (unpaired) electrons. The number of halogens is 2. The van der Waals surface area contributed by atoms with Gasteiger partial charge < -0.3 is 4.90 Å². The number of hydrogen-bond donors (Lipinski definition) is 0. The summed E-state index contributed by atoms with van der Waals surface area (Å²) in [6, 6.07) is 13.8. The summed E-state index contributed by atoms with van der Waals surface area (Å²) in [5.41, 5.74) is 5.28. The van der Waals surface area contributed by atoms with E-state index in [2.05, 4.69) is 41.8 Å². The molecule has 0 atom stereocenters. The molecule has 0 unspecified atom stereocenters. The van der Waals surface area contributed by atoms with Gasteiger partial charge >= 0.3 is 0 Å². The van der Waals surface area contributed by atoms with Crippen LogP contribution >= 0.6 is 23.2 Å². The Bertz CT molecular complexity index is 1110. The highest BCUT2D eigenvalue weighted by Gasteiger charge is 2.23. The molecule has 0 bridgehead atoms. The first-order chi connectivity index (χ1) is 14.3. The second-order valence-corrected chi connectivity index (χ2v) is 8.75. The molecule has 5 nitrogen and oxygen atoms in total. The average molecular weight is 445 g/mol. The third kappa shape index (κ3) is 4.02. The Labute approximate surface area is 187 Å². The molecule has 0 saturated carbocycles. The van der Waals surface area contributed by atoms with Gasteiger partial charge in [-0.3, -0.25) is 14.4 Å². The van der Waals surface area contributed by atoms with E-state index in [0.29, 0.717) is 11.6 Å². The summed E-state index contributed by atoms with van der Waals surface area (Å²) < 4.78 is 3.45. The fraction of sp³-hybridized carbons (Fsp3) is 0.348. The Kier molecular flexibility index (Phi) is 5.96. The fourth-order valence-electron chi connectivity index (χ4n) is 4.18. The molecule has 2 heterocycles. The molecular weight excluding hydrogens is 419 g/mol. The highest BCUT2D eigenvalue weighted by Crippen LogP contribution is 2.24. The minimum atomic E-state index is -0.203. The molecule has 1 aromatic heterocycles. The molecule has 158 valence electrons. The van der Waals surface area contributed by atoms with Crippen LogP contribution in [-0.2, 0) is 13.6 Å². The first-order valence-electron chi connectivity index (χ1n) is 10.1. The molecule has 2 aromatic carbocycles. The number of piperazine rings is 1. The number of hydrogen-bond acceptors (Lipinski definition) is 3. The van der Waals surface area contributed by atoms with Crippen molar-refractivity contribution in [1.82, 2.24) is 14.3 Å². The minimum Gasteiger partial charge on any atom is -0.369 e. The monoisotopic (exact) mass is 444 g/mol. The quantitative estimate of drug-likeness (QED) is 0.596. The molecule has 0 spiro atoms. The van der Waals surface area contributed by atoms with Gasteiger partial charge in [-0.1, -0.05) is 40.9 Å². The smallest absolute Gasteiger partial charge is 0.290 e. The Morgan fingerprint density at radius 2 is 1.60 bits per heavy atom. The lowest BCUT2D eigenvalue weighted by molar-refractivity contribution is 0.243. The maximum Gasteiger partial charge on any atom is 0.290 e. The molecule has 1 saturated heterocycles. The SMILES string of the molecule is Cc1ccc(N2CCN(Cc3c(Cl)c(=O)n(-c4ccc(Cl)cc4)n3C)CC2)c(C)c1. The normalized spacial score (nSPS) is 15.0. The van der Waals surface area contributed by atoms with Crippen LogP contribution < -0.4 is 10.5 Å². The predicted octanol–water partition coefficient (Wildman–Crippen LogP) is 4.42. The van der Waals surface area contributed by atoms with Crippen LogP contribution in [0.3, 0.4) is 0 Å². The number of nitrogens with zero attached hydrogens (tertiary/aromatic N) is 4. The summed E-state index contributed by atoms with van der Waals surface area (Å²) in [6.45, 7) is 8.68. The average Bonchev–Trinajstić information content (AvgIpc) is 2.93. The van der Waals surface area contributed by atoms with Crippen LogP contribution in [-0.4, -0.2) is 40.4 Å². The summed E-state index contributed by atoms with van der Waals surface area (Å²) in [5, 5.41) is 0.915. The van der Waals surface area contributed by atoms with Gasteiger partial charge in [0.1, 0.15) is 5.02 Å². The van der Waals surface area contributed by atoms with Gasteiger partial charge in [-0.25, -0.2) is 4.68 Å². The van der Waals surface area contributed by atoms with E-state index < -0.39 is 0 Å². The van der Waals surface area contributed by atoms with Gasteiger partial charge in [0, 0.05) is 50.5 Å². The lowest BCUT2D eigenvalue weighted by atomic mass is 10.1. The van der Waals surface area contributed by atoms with E-state index in [4.69, 9.17) is 23.2 Å². The van der Waals surface area contributed by atoms with E-state index in [9.17, 15) is 4.79 Å². The lowest BCUT2D eigenvalue weighted by Crippen LogP contribution is -2.46. The Morgan fingerprint density at radius 3 is 2.23 bits per heavy atom. The van der Waals surface area contributed by atoms with Crippen molar-refractivity contribution in [3.63, 3.8) is 0 Å². The van der Waals surface area contributed by atoms with Gasteiger partial charge in [0.05, 0.1) is 11.4 Å². The maximum absolute atomic E-state index is 12.8. The molecule has 0 N–H and O–H groups in total. The van der Waals surface area contributed by atoms with Crippen LogP contribution in [0.1, 0.15) is 16.8 Å². The highest BCUT2D eigenvalue weighted by atomic mass is 35.5. The zero-order valence-electron chi connectivity index (χ0n) is 17.5. The highest BCUT2D eigenvalue weighted by molar-refractivity contribution is 6.31. The zero-order valence-corrected chi connectivity index (χ0v) is 19.0. The molecule has 1 aliphatic heterocycles. The van der Waals surface area contributed by atoms with Crippen molar-refractivity contribution in [3.05, 3.63) is 79.7 Å². The van der Waals surface area contributed by atoms with Crippen molar-refractivity contribution in [2.75, 3.05) is 31.1 Å². The van der Waals surface area contributed by atoms with E-state index in [1.54, 1.807) is 16.8 Å². The van der Waals surface area contributed by atoms with Crippen LogP contribution in [0, 0.1) is 13.8 Å². The molecule has 4 rings (SSSR count). The molecule has 3 aromatic rings. The third-order valence-electron chi connectivity index (χ3n) is 5.83. The van der Waals surface area contributed by atoms with Crippen LogP contribution in [0.4, 0.5) is 5.69 Å². The van der Waals surface area contributed by atoms with Crippen molar-refractivity contribution in [2.24, 2.45) is 7.05 Å². The molecule has 1 fully saturated rings. The molecule has 0 amide bonds. The topological polar surface area (TPSA) is 33.4 Å². The summed E-state index contributed by atoms with van der Waals surface area (Å²) in [6.07, 6.45) is 0. The van der Waals surface area contributed by atoms with Gasteiger partial charge in [0.15, 0.2) is 0 Å². The fourth-order valence-corrected chi connectivity index (χ4v) is 4.57. The van der Waals surface area contributed by atoms with E-state index in [1.807, 2.05) is 23.9 Å². The minimum absolute atomic E-state index is 0.203. The van der Waals surface area contributed by atoms with Crippen molar-refractivity contribution in [3.8, 4) is 5.69 Å². The first-order valence-corrected chi connectivity index (χ1v) is 10.9. The number of benzene rings is 2. The van der Waals surface area contributed by atoms with Gasteiger partial charge in [0.25, 0.3) is 5.56 Å².